The van der Waals surface area contributed by atoms with Crippen molar-refractivity contribution in [3.8, 4) is 12.1 Å². The number of likely N-dealkylation sites (tertiary alicyclic amines) is 6. The van der Waals surface area contributed by atoms with E-state index in [1.54, 1.807) is 49.9 Å². The van der Waals surface area contributed by atoms with Crippen molar-refractivity contribution in [2.75, 3.05) is 120 Å². The zero-order valence-electron chi connectivity index (χ0n) is 86.4. The first kappa shape index (κ1) is 114. The van der Waals surface area contributed by atoms with E-state index >= 15 is 0 Å². The molecule has 4 aromatic heterocycles. The van der Waals surface area contributed by atoms with Crippen molar-refractivity contribution in [2.24, 2.45) is 5.92 Å². The fourth-order valence-corrected chi connectivity index (χ4v) is 21.1. The van der Waals surface area contributed by atoms with Crippen LogP contribution in [0.4, 0.5) is 49.9 Å². The Hall–Kier alpha value is -12.8. The summed E-state index contributed by atoms with van der Waals surface area (Å²) in [5.41, 5.74) is 9.24. The van der Waals surface area contributed by atoms with Crippen molar-refractivity contribution in [3.63, 3.8) is 0 Å². The molecule has 1 aliphatic carbocycles. The quantitative estimate of drug-likeness (QED) is 0.0459. The standard InChI is InChI=1S/C29H29F2N5O3S.C27H36N4O3.C22H28N4O.C18H23N3.C9H14ClNO3.C7H2ClF2NO2S/c1-34-12-9-20(10-13-34)21-7-8-23(33-18-21)19-35(24-5-3-2-4-6-24)29(37)27-11-14-36(27)40(38,39)25-15-22(17-32)28(31)26(30)16-25;1-27(2,3)34-26(33)30-17-14-24(30)25(32)31(23-8-6-5-7-9-23)19-22-11-10-21(18-28-22)20-12-15-29(4)16-13-20;1-25-12-10-17(11-13-25)21-15-23-19(14-24-21)16-26(20-8-3-2-4-9-20)22(27)18-6-5-7-18;1-21-11-9-15(10-12-21)16-7-8-18(19-13-16)14-20-17-5-3-2-4-6-17;1-9(2,3)14-8(13)11-5-4-6(11)7(10)12;8-14(12,13)5-1-4(3-11)7(10)6(9)2-5/h2-8,15-16,18,20,27H,9-14,19H2,1H3;5-11,18,20,24H,12-17,19H2,1-4H3;2-4,8-9,14-15,17-18H,5-7,10-13,16H2,1H3;2-8,13,15,20H,9-12,14H2,1H3;6H,4-5H2,1-3H3;1-2H/t27-;24-;;;6-;/m11..1./s1. The predicted octanol–water partition coefficient (Wildman–Crippen LogP) is 19.1. The number of hydrogen-bond donors (Lipinski definition) is 1. The van der Waals surface area contributed by atoms with Crippen molar-refractivity contribution in [1.29, 1.82) is 10.5 Å². The van der Waals surface area contributed by atoms with Crippen LogP contribution in [0.3, 0.4) is 0 Å². The van der Waals surface area contributed by atoms with Gasteiger partial charge in [0.15, 0.2) is 23.3 Å². The molecule has 0 unspecified atom stereocenters. The molecule has 7 saturated heterocycles. The van der Waals surface area contributed by atoms with Gasteiger partial charge >= 0.3 is 12.2 Å². The second-order valence-electron chi connectivity index (χ2n) is 41.0. The van der Waals surface area contributed by atoms with Crippen LogP contribution in [-0.2, 0) is 73.9 Å². The number of carbonyl (C=O) groups excluding carboxylic acids is 6. The lowest BCUT2D eigenvalue weighted by Crippen LogP contribution is -2.59. The van der Waals surface area contributed by atoms with Gasteiger partial charge in [-0.05, 0) is 343 Å². The number of piperidine rings is 4. The van der Waals surface area contributed by atoms with Crippen LogP contribution in [-0.4, -0.2) is 240 Å². The number of halogens is 6. The van der Waals surface area contributed by atoms with Gasteiger partial charge in [0.2, 0.25) is 33.0 Å². The SMILES string of the molecule is CC(C)(C)OC(=O)N1CC[C@@H]1C(=O)Cl.CN1CCC(c2ccc(CN(C(=O)[C@H]3CCN3C(=O)OC(C)(C)C)c3ccccc3)nc2)CC1.CN1CCC(c2ccc(CN(C(=O)[C@H]3CCN3S(=O)(=O)c3cc(F)c(F)c(C#N)c3)c3ccccc3)nc2)CC1.CN1CCC(c2ccc(CNc3ccccc3)nc2)CC1.CN1CCC(c2cnc(CN(C(=O)C3CCC3)c3ccccc3)cn2)CC1.N#Cc1cc(S(=O)(=O)Cl)cc(F)c1F. The molecule has 8 aliphatic rings. The summed E-state index contributed by atoms with van der Waals surface area (Å²) in [6.07, 6.45) is 22.6. The number of pyridine rings is 3. The van der Waals surface area contributed by atoms with E-state index in [1.807, 2.05) is 154 Å². The molecule has 0 radical (unpaired) electrons. The highest BCUT2D eigenvalue weighted by Crippen LogP contribution is 2.38. The third-order valence-electron chi connectivity index (χ3n) is 27.9. The number of amides is 5. The number of benzene rings is 6. The molecule has 7 aliphatic heterocycles. The first-order valence-corrected chi connectivity index (χ1v) is 54.9. The molecular weight excluding hydrogens is 2000 g/mol. The Morgan fingerprint density at radius 3 is 1.11 bits per heavy atom. The fraction of sp³-hybridized carbons (Fsp3) is 0.438. The number of nitrogens with zero attached hydrogens (tertiary/aromatic N) is 17. The summed E-state index contributed by atoms with van der Waals surface area (Å²) in [5, 5.41) is 20.3. The van der Waals surface area contributed by atoms with Gasteiger partial charge in [-0.15, -0.1) is 0 Å². The summed E-state index contributed by atoms with van der Waals surface area (Å²) >= 11 is 5.30. The lowest BCUT2D eigenvalue weighted by atomic mass is 9.84. The van der Waals surface area contributed by atoms with Crippen LogP contribution in [0.25, 0.3) is 0 Å². The Morgan fingerprint density at radius 1 is 0.413 bits per heavy atom. The number of sulfonamides is 1. The van der Waals surface area contributed by atoms with Crippen LogP contribution < -0.4 is 20.0 Å². The third kappa shape index (κ3) is 31.7. The first-order chi connectivity index (χ1) is 71.6. The lowest BCUT2D eigenvalue weighted by Gasteiger charge is -2.42. The van der Waals surface area contributed by atoms with Crippen LogP contribution in [0.1, 0.15) is 211 Å². The summed E-state index contributed by atoms with van der Waals surface area (Å²) < 4.78 is 113. The molecule has 1 saturated carbocycles. The normalized spacial score (nSPS) is 18.1. The highest BCUT2D eigenvalue weighted by molar-refractivity contribution is 8.13. The second kappa shape index (κ2) is 52.8. The van der Waals surface area contributed by atoms with E-state index in [0.717, 1.165) is 159 Å². The molecule has 796 valence electrons. The van der Waals surface area contributed by atoms with Gasteiger partial charge < -0.3 is 49.1 Å². The third-order valence-corrected chi connectivity index (χ3v) is 31.3. The summed E-state index contributed by atoms with van der Waals surface area (Å²) in [6, 6.07) is 54.4. The van der Waals surface area contributed by atoms with E-state index in [2.05, 4.69) is 105 Å². The molecule has 0 bridgehead atoms. The molecule has 10 aromatic rings. The molecule has 0 spiro atoms. The first-order valence-electron chi connectivity index (χ1n) is 50.8. The Kier molecular flexibility index (Phi) is 40.3. The van der Waals surface area contributed by atoms with Gasteiger partial charge in [-0.1, -0.05) is 97.4 Å². The smallest absolute Gasteiger partial charge is 0.410 e. The van der Waals surface area contributed by atoms with Gasteiger partial charge in [-0.2, -0.15) is 14.8 Å². The van der Waals surface area contributed by atoms with Crippen molar-refractivity contribution in [2.45, 2.75) is 220 Å². The molecule has 11 heterocycles. The maximum atomic E-state index is 14.1. The number of aromatic nitrogens is 5. The van der Waals surface area contributed by atoms with E-state index in [1.165, 1.54) is 63.9 Å². The van der Waals surface area contributed by atoms with E-state index in [9.17, 15) is 63.2 Å². The molecule has 38 heteroatoms. The van der Waals surface area contributed by atoms with Gasteiger partial charge in [0.05, 0.1) is 81.8 Å². The number of para-hydroxylation sites is 4. The maximum absolute atomic E-state index is 14.1. The maximum Gasteiger partial charge on any atom is 0.410 e. The van der Waals surface area contributed by atoms with Gasteiger partial charge in [-0.3, -0.25) is 53.9 Å². The van der Waals surface area contributed by atoms with E-state index in [0.29, 0.717) is 92.3 Å². The summed E-state index contributed by atoms with van der Waals surface area (Å²) in [7, 11) is 5.00. The summed E-state index contributed by atoms with van der Waals surface area (Å²) in [6.45, 7) is 22.6. The Balaban J connectivity index is 0.000000156. The van der Waals surface area contributed by atoms with Crippen LogP contribution in [0.5, 0.6) is 0 Å². The largest absolute Gasteiger partial charge is 0.444 e. The van der Waals surface area contributed by atoms with Crippen molar-refractivity contribution < 1.29 is 72.6 Å². The van der Waals surface area contributed by atoms with Gasteiger partial charge in [0.25, 0.3) is 9.05 Å². The number of hydrogen-bond acceptors (Lipinski definition) is 24. The second-order valence-corrected chi connectivity index (χ2v) is 45.8. The monoisotopic (exact) mass is 2130 g/mol. The average Bonchev–Trinajstić information content (AvgIpc) is 0.750. The van der Waals surface area contributed by atoms with Crippen LogP contribution in [0.2, 0.25) is 0 Å². The number of ether oxygens (including phenoxy) is 2. The zero-order valence-corrected chi connectivity index (χ0v) is 89.6. The topological polar surface area (TPSA) is 346 Å². The summed E-state index contributed by atoms with van der Waals surface area (Å²) in [5.74, 6) is -3.68. The van der Waals surface area contributed by atoms with Crippen molar-refractivity contribution in [1.82, 2.24) is 58.6 Å². The molecule has 150 heavy (non-hydrogen) atoms. The van der Waals surface area contributed by atoms with E-state index in [4.69, 9.17) is 52.2 Å². The number of nitrogens with one attached hydrogen (secondary N) is 1. The average molecular weight is 2130 g/mol. The molecule has 5 amide bonds. The minimum absolute atomic E-state index is 0.0335. The summed E-state index contributed by atoms with van der Waals surface area (Å²) in [4.78, 5) is 115. The van der Waals surface area contributed by atoms with Gasteiger partial charge in [-0.25, -0.2) is 44.0 Å². The highest BCUT2D eigenvalue weighted by Gasteiger charge is 2.47. The molecule has 3 atom stereocenters. The fourth-order valence-electron chi connectivity index (χ4n) is 18.5. The molecular formula is C112H132Cl2F4N18O12S2. The van der Waals surface area contributed by atoms with Gasteiger partial charge in [0.1, 0.15) is 41.5 Å². The molecule has 30 nitrogen and oxygen atoms in total. The Morgan fingerprint density at radius 2 is 0.773 bits per heavy atom. The van der Waals surface area contributed by atoms with Crippen LogP contribution >= 0.6 is 22.3 Å². The predicted molar refractivity (Wildman–Crippen MR) is 568 cm³/mol. The number of carbonyl (C=O) groups is 6. The number of nitriles is 2. The molecule has 8 fully saturated rings. The molecule has 1 N–H and O–H groups in total. The van der Waals surface area contributed by atoms with Gasteiger partial charge in [0, 0.05) is 89.7 Å². The van der Waals surface area contributed by atoms with Crippen LogP contribution in [0, 0.1) is 51.8 Å². The minimum Gasteiger partial charge on any atom is -0.444 e. The molecule has 18 rings (SSSR count). The number of anilines is 4. The lowest BCUT2D eigenvalue weighted by molar-refractivity contribution is -0.128. The Labute approximate surface area is 886 Å². The van der Waals surface area contributed by atoms with E-state index in [-0.39, 0.29) is 37.2 Å². The van der Waals surface area contributed by atoms with Crippen molar-refractivity contribution >= 4 is 99.3 Å². The van der Waals surface area contributed by atoms with Crippen LogP contribution in [0.15, 0.2) is 223 Å². The van der Waals surface area contributed by atoms with E-state index < -0.39 is 116 Å². The highest BCUT2D eigenvalue weighted by atomic mass is 35.7. The Bertz CT molecular complexity index is 6540. The minimum atomic E-state index is -4.37. The zero-order chi connectivity index (χ0) is 108. The molecule has 6 aromatic carbocycles. The number of rotatable bonds is 23. The van der Waals surface area contributed by atoms with Crippen molar-refractivity contribution in [3.05, 3.63) is 293 Å².